The van der Waals surface area contributed by atoms with Crippen molar-refractivity contribution in [2.75, 3.05) is 26.2 Å². The Morgan fingerprint density at radius 2 is 2.32 bits per heavy atom. The summed E-state index contributed by atoms with van der Waals surface area (Å²) >= 11 is 0. The first-order valence-corrected chi connectivity index (χ1v) is 6.72. The van der Waals surface area contributed by atoms with Gasteiger partial charge in [0.2, 0.25) is 0 Å². The lowest BCUT2D eigenvalue weighted by Gasteiger charge is -2.59. The maximum absolute atomic E-state index is 11.3. The first-order chi connectivity index (χ1) is 8.83. The van der Waals surface area contributed by atoms with Gasteiger partial charge in [0, 0.05) is 19.6 Å². The van der Waals surface area contributed by atoms with Crippen LogP contribution in [-0.2, 0) is 4.84 Å². The van der Waals surface area contributed by atoms with Crippen LogP contribution in [0.2, 0.25) is 0 Å². The lowest BCUT2D eigenvalue weighted by Crippen LogP contribution is -2.73. The van der Waals surface area contributed by atoms with E-state index in [9.17, 15) is 9.90 Å². The van der Waals surface area contributed by atoms with Crippen LogP contribution in [0.4, 0.5) is 4.79 Å². The van der Waals surface area contributed by atoms with E-state index in [1.165, 1.54) is 4.90 Å². The molecular formula is C13H23N3O3. The quantitative estimate of drug-likeness (QED) is 0.743. The average molecular weight is 269 g/mol. The van der Waals surface area contributed by atoms with Crippen LogP contribution in [-0.4, -0.2) is 54.1 Å². The number of carboxylic acid groups (broad SMARTS) is 1. The minimum absolute atomic E-state index is 0.0632. The number of carbonyl (C=O) groups is 1. The van der Waals surface area contributed by atoms with E-state index in [1.807, 2.05) is 6.92 Å². The molecule has 6 heteroatoms. The van der Waals surface area contributed by atoms with Crippen molar-refractivity contribution in [2.45, 2.75) is 33.7 Å². The van der Waals surface area contributed by atoms with Gasteiger partial charge in [-0.1, -0.05) is 25.9 Å². The number of nitrogens with one attached hydrogen (secondary N) is 1. The van der Waals surface area contributed by atoms with Crippen LogP contribution in [0, 0.1) is 10.8 Å². The van der Waals surface area contributed by atoms with Crippen molar-refractivity contribution < 1.29 is 14.7 Å². The van der Waals surface area contributed by atoms with Gasteiger partial charge in [-0.25, -0.2) is 4.79 Å². The molecule has 2 N–H and O–H groups in total. The zero-order valence-corrected chi connectivity index (χ0v) is 12.1. The summed E-state index contributed by atoms with van der Waals surface area (Å²) < 4.78 is 0. The molecule has 0 aromatic carbocycles. The molecule has 108 valence electrons. The number of nitrogens with zero attached hydrogens (tertiary/aromatic N) is 2. The van der Waals surface area contributed by atoms with E-state index < -0.39 is 6.09 Å². The largest absolute Gasteiger partial charge is 0.465 e. The van der Waals surface area contributed by atoms with Crippen molar-refractivity contribution in [3.63, 3.8) is 0 Å². The molecule has 0 radical (unpaired) electrons. The first-order valence-electron chi connectivity index (χ1n) is 6.72. The smallest absolute Gasteiger partial charge is 0.407 e. The molecular weight excluding hydrogens is 246 g/mol. The third kappa shape index (κ3) is 2.18. The molecule has 0 bridgehead atoms. The fourth-order valence-corrected chi connectivity index (χ4v) is 3.49. The van der Waals surface area contributed by atoms with Gasteiger partial charge in [0.1, 0.15) is 6.61 Å². The van der Waals surface area contributed by atoms with Crippen molar-refractivity contribution in [1.29, 1.82) is 0 Å². The van der Waals surface area contributed by atoms with E-state index in [4.69, 9.17) is 4.84 Å². The SMILES string of the molecule is CCON=C1CNCC12CN(C(=O)O)C2C(C)(C)C. The third-order valence-electron chi connectivity index (χ3n) is 3.97. The molecule has 2 fully saturated rings. The number of amides is 1. The van der Waals surface area contributed by atoms with Gasteiger partial charge in [-0.2, -0.15) is 0 Å². The average Bonchev–Trinajstić information content (AvgIpc) is 2.65. The molecule has 2 unspecified atom stereocenters. The van der Waals surface area contributed by atoms with Gasteiger partial charge >= 0.3 is 6.09 Å². The molecule has 2 aliphatic rings. The van der Waals surface area contributed by atoms with Crippen molar-refractivity contribution in [1.82, 2.24) is 10.2 Å². The molecule has 6 nitrogen and oxygen atoms in total. The molecule has 2 rings (SSSR count). The van der Waals surface area contributed by atoms with Gasteiger partial charge in [-0.3, -0.25) is 0 Å². The standard InChI is InChI=1S/C13H23N3O3/c1-5-19-15-9-6-14-7-13(9)8-16(11(17)18)10(13)12(2,3)4/h10,14H,5-8H2,1-4H3,(H,17,18). The lowest BCUT2D eigenvalue weighted by molar-refractivity contribution is -0.0620. The molecule has 19 heavy (non-hydrogen) atoms. The monoisotopic (exact) mass is 269 g/mol. The van der Waals surface area contributed by atoms with Crippen LogP contribution < -0.4 is 5.32 Å². The number of hydrogen-bond donors (Lipinski definition) is 2. The highest BCUT2D eigenvalue weighted by Gasteiger charge is 2.63. The van der Waals surface area contributed by atoms with E-state index in [0.29, 0.717) is 19.7 Å². The summed E-state index contributed by atoms with van der Waals surface area (Å²) in [6.07, 6.45) is -0.854. The molecule has 0 aliphatic carbocycles. The van der Waals surface area contributed by atoms with Crippen LogP contribution in [0.15, 0.2) is 5.16 Å². The Hall–Kier alpha value is -1.30. The van der Waals surface area contributed by atoms with Crippen LogP contribution in [0.25, 0.3) is 0 Å². The van der Waals surface area contributed by atoms with E-state index >= 15 is 0 Å². The molecule has 2 atom stereocenters. The van der Waals surface area contributed by atoms with Gasteiger partial charge in [-0.05, 0) is 12.3 Å². The second-order valence-corrected chi connectivity index (χ2v) is 6.39. The molecule has 2 heterocycles. The Labute approximate surface area is 113 Å². The van der Waals surface area contributed by atoms with Gasteiger partial charge in [0.15, 0.2) is 0 Å². The molecule has 2 saturated heterocycles. The third-order valence-corrected chi connectivity index (χ3v) is 3.97. The maximum atomic E-state index is 11.3. The maximum Gasteiger partial charge on any atom is 0.407 e. The van der Waals surface area contributed by atoms with Gasteiger partial charge < -0.3 is 20.2 Å². The Bertz CT molecular complexity index is 402. The van der Waals surface area contributed by atoms with E-state index in [2.05, 4.69) is 31.2 Å². The van der Waals surface area contributed by atoms with Crippen LogP contribution >= 0.6 is 0 Å². The van der Waals surface area contributed by atoms with Crippen LogP contribution in [0.3, 0.4) is 0 Å². The predicted molar refractivity (Wildman–Crippen MR) is 72.3 cm³/mol. The minimum Gasteiger partial charge on any atom is -0.465 e. The number of oxime groups is 1. The number of rotatable bonds is 2. The van der Waals surface area contributed by atoms with Crippen molar-refractivity contribution in [3.8, 4) is 0 Å². The summed E-state index contributed by atoms with van der Waals surface area (Å²) in [6, 6.07) is -0.0632. The zero-order chi connectivity index (χ0) is 14.3. The Balaban J connectivity index is 2.30. The highest BCUT2D eigenvalue weighted by molar-refractivity contribution is 5.97. The van der Waals surface area contributed by atoms with E-state index in [1.54, 1.807) is 0 Å². The Morgan fingerprint density at radius 1 is 1.63 bits per heavy atom. The minimum atomic E-state index is -0.854. The van der Waals surface area contributed by atoms with Crippen molar-refractivity contribution in [2.24, 2.45) is 16.0 Å². The van der Waals surface area contributed by atoms with Crippen molar-refractivity contribution >= 4 is 11.8 Å². The molecule has 1 spiro atoms. The van der Waals surface area contributed by atoms with Crippen LogP contribution in [0.5, 0.6) is 0 Å². The highest BCUT2D eigenvalue weighted by atomic mass is 16.6. The molecule has 0 saturated carbocycles. The summed E-state index contributed by atoms with van der Waals surface area (Å²) in [5.41, 5.74) is 0.619. The van der Waals surface area contributed by atoms with Crippen LogP contribution in [0.1, 0.15) is 27.7 Å². The topological polar surface area (TPSA) is 74.2 Å². The number of likely N-dealkylation sites (tertiary alicyclic amines) is 1. The first kappa shape index (κ1) is 14.1. The zero-order valence-electron chi connectivity index (χ0n) is 12.1. The van der Waals surface area contributed by atoms with E-state index in [0.717, 1.165) is 12.3 Å². The van der Waals surface area contributed by atoms with Crippen molar-refractivity contribution in [3.05, 3.63) is 0 Å². The fraction of sp³-hybridized carbons (Fsp3) is 0.846. The lowest BCUT2D eigenvalue weighted by atomic mass is 9.60. The normalized spacial score (nSPS) is 32.7. The predicted octanol–water partition coefficient (Wildman–Crippen LogP) is 1.38. The summed E-state index contributed by atoms with van der Waals surface area (Å²) in [5.74, 6) is 0. The van der Waals surface area contributed by atoms with Gasteiger partial charge in [-0.15, -0.1) is 0 Å². The number of hydrogen-bond acceptors (Lipinski definition) is 4. The molecule has 0 aromatic heterocycles. The summed E-state index contributed by atoms with van der Waals surface area (Å²) in [6.45, 7) is 10.6. The molecule has 1 amide bonds. The summed E-state index contributed by atoms with van der Waals surface area (Å²) in [7, 11) is 0. The van der Waals surface area contributed by atoms with Gasteiger partial charge in [0.05, 0.1) is 17.2 Å². The Morgan fingerprint density at radius 3 is 2.84 bits per heavy atom. The van der Waals surface area contributed by atoms with E-state index in [-0.39, 0.29) is 16.9 Å². The summed E-state index contributed by atoms with van der Waals surface area (Å²) in [4.78, 5) is 18.0. The molecule has 0 aromatic rings. The fourth-order valence-electron chi connectivity index (χ4n) is 3.49. The Kier molecular flexibility index (Phi) is 3.47. The molecule has 2 aliphatic heterocycles. The second kappa shape index (κ2) is 4.67. The highest BCUT2D eigenvalue weighted by Crippen LogP contribution is 2.49. The second-order valence-electron chi connectivity index (χ2n) is 6.39. The summed E-state index contributed by atoms with van der Waals surface area (Å²) in [5, 5.41) is 16.8. The van der Waals surface area contributed by atoms with Gasteiger partial charge in [0.25, 0.3) is 0 Å².